The molecule has 38 heavy (non-hydrogen) atoms. The highest BCUT2D eigenvalue weighted by molar-refractivity contribution is 6.02. The van der Waals surface area contributed by atoms with Crippen LogP contribution in [-0.2, 0) is 4.74 Å². The van der Waals surface area contributed by atoms with E-state index in [4.69, 9.17) is 14.2 Å². The molecule has 0 spiro atoms. The quantitative estimate of drug-likeness (QED) is 0.576. The van der Waals surface area contributed by atoms with Crippen molar-refractivity contribution >= 4 is 23.3 Å². The van der Waals surface area contributed by atoms with Crippen LogP contribution in [0.4, 0.5) is 16.2 Å². The lowest BCUT2D eigenvalue weighted by molar-refractivity contribution is 0.00994. The number of anilines is 2. The molecule has 0 unspecified atom stereocenters. The van der Waals surface area contributed by atoms with E-state index in [2.05, 4.69) is 29.4 Å². The molecule has 0 radical (unpaired) electrons. The fourth-order valence-corrected chi connectivity index (χ4v) is 4.81. The van der Waals surface area contributed by atoms with E-state index in [0.717, 1.165) is 19.0 Å². The average Bonchev–Trinajstić information content (AvgIpc) is 3.73. The lowest BCUT2D eigenvalue weighted by atomic mass is 10.0. The fraction of sp³-hybridized carbons (Fsp3) is 0.517. The Bertz CT molecular complexity index is 1120. The number of hydrogen-bond donors (Lipinski definition) is 2. The molecule has 1 heterocycles. The molecular weight excluding hydrogens is 484 g/mol. The molecule has 1 saturated carbocycles. The normalized spacial score (nSPS) is 22.9. The second kappa shape index (κ2) is 12.5. The van der Waals surface area contributed by atoms with Gasteiger partial charge >= 0.3 is 6.03 Å². The molecule has 4 rings (SSSR count). The molecule has 3 amide bonds. The summed E-state index contributed by atoms with van der Waals surface area (Å²) in [5.74, 6) is 1.95. The monoisotopic (exact) mass is 524 g/mol. The molecule has 9 heteroatoms. The van der Waals surface area contributed by atoms with Crippen LogP contribution in [0.1, 0.15) is 37.0 Å². The number of urea groups is 1. The molecular formula is C29H40N4O5. The zero-order valence-corrected chi connectivity index (χ0v) is 23.0. The van der Waals surface area contributed by atoms with Crippen LogP contribution in [0.2, 0.25) is 0 Å². The molecule has 9 nitrogen and oxygen atoms in total. The Kier molecular flexibility index (Phi) is 9.12. The number of ether oxygens (including phenoxy) is 3. The van der Waals surface area contributed by atoms with E-state index in [9.17, 15) is 9.59 Å². The van der Waals surface area contributed by atoms with Gasteiger partial charge in [0.25, 0.3) is 5.91 Å². The Morgan fingerprint density at radius 1 is 1.05 bits per heavy atom. The van der Waals surface area contributed by atoms with Crippen LogP contribution < -0.4 is 20.1 Å². The number of rotatable bonds is 6. The third kappa shape index (κ3) is 7.17. The van der Waals surface area contributed by atoms with Crippen molar-refractivity contribution < 1.29 is 23.8 Å². The zero-order chi connectivity index (χ0) is 27.2. The highest BCUT2D eigenvalue weighted by Crippen LogP contribution is 2.32. The molecule has 1 aliphatic carbocycles. The summed E-state index contributed by atoms with van der Waals surface area (Å²) in [6.45, 7) is 7.22. The van der Waals surface area contributed by atoms with E-state index in [1.54, 1.807) is 68.6 Å². The summed E-state index contributed by atoms with van der Waals surface area (Å²) in [4.78, 5) is 30.4. The summed E-state index contributed by atoms with van der Waals surface area (Å²) < 4.78 is 17.3. The number of likely N-dealkylation sites (N-methyl/N-ethyl adjacent to an activating group) is 1. The van der Waals surface area contributed by atoms with Crippen molar-refractivity contribution in [1.82, 2.24) is 9.80 Å². The molecule has 2 aliphatic rings. The van der Waals surface area contributed by atoms with Gasteiger partial charge in [-0.1, -0.05) is 13.0 Å². The summed E-state index contributed by atoms with van der Waals surface area (Å²) in [7, 11) is 5.05. The van der Waals surface area contributed by atoms with Gasteiger partial charge in [0.1, 0.15) is 18.1 Å². The minimum atomic E-state index is -0.425. The van der Waals surface area contributed by atoms with E-state index in [0.29, 0.717) is 41.6 Å². The first-order chi connectivity index (χ1) is 18.3. The number of carbonyl (C=O) groups is 2. The number of amides is 3. The van der Waals surface area contributed by atoms with E-state index in [-0.39, 0.29) is 24.0 Å². The first kappa shape index (κ1) is 27.7. The number of hydrogen-bond acceptors (Lipinski definition) is 6. The van der Waals surface area contributed by atoms with Gasteiger partial charge in [-0.3, -0.25) is 9.69 Å². The van der Waals surface area contributed by atoms with E-state index in [1.165, 1.54) is 12.8 Å². The van der Waals surface area contributed by atoms with Crippen molar-refractivity contribution in [2.75, 3.05) is 58.1 Å². The van der Waals surface area contributed by atoms with E-state index < -0.39 is 6.03 Å². The molecule has 0 bridgehead atoms. The summed E-state index contributed by atoms with van der Waals surface area (Å²) in [5, 5.41) is 5.61. The molecule has 1 fully saturated rings. The van der Waals surface area contributed by atoms with Gasteiger partial charge in [-0.05, 0) is 61.9 Å². The molecule has 2 N–H and O–H groups in total. The van der Waals surface area contributed by atoms with Crippen LogP contribution in [0.15, 0.2) is 42.5 Å². The molecule has 1 aliphatic heterocycles. The van der Waals surface area contributed by atoms with E-state index in [1.807, 2.05) is 0 Å². The fourth-order valence-electron chi connectivity index (χ4n) is 4.81. The molecule has 3 atom stereocenters. The van der Waals surface area contributed by atoms with Gasteiger partial charge in [-0.25, -0.2) is 4.79 Å². The first-order valence-electron chi connectivity index (χ1n) is 13.3. The molecule has 2 aromatic rings. The van der Waals surface area contributed by atoms with Crippen LogP contribution in [0.3, 0.4) is 0 Å². The Morgan fingerprint density at radius 3 is 2.47 bits per heavy atom. The Balaban J connectivity index is 1.55. The van der Waals surface area contributed by atoms with Gasteiger partial charge in [-0.15, -0.1) is 0 Å². The molecule has 0 aromatic heterocycles. The third-order valence-corrected chi connectivity index (χ3v) is 7.35. The zero-order valence-electron chi connectivity index (χ0n) is 23.0. The predicted octanol–water partition coefficient (Wildman–Crippen LogP) is 4.56. The predicted molar refractivity (Wildman–Crippen MR) is 148 cm³/mol. The van der Waals surface area contributed by atoms with Gasteiger partial charge in [0.05, 0.1) is 18.8 Å². The summed E-state index contributed by atoms with van der Waals surface area (Å²) in [6, 6.07) is 12.0. The number of nitrogens with one attached hydrogen (secondary N) is 2. The Labute approximate surface area is 225 Å². The van der Waals surface area contributed by atoms with Gasteiger partial charge in [-0.2, -0.15) is 0 Å². The maximum absolute atomic E-state index is 13.6. The van der Waals surface area contributed by atoms with Crippen LogP contribution in [0, 0.1) is 11.8 Å². The SMILES string of the molecule is COc1cccc(NC(=O)Nc2ccc3c(c2)C(=O)N(C)C[C@H](OC)[C@H](C)CN(CC2CC2)[C@H](C)CO3)c1. The lowest BCUT2D eigenvalue weighted by Gasteiger charge is -2.36. The van der Waals surface area contributed by atoms with Crippen molar-refractivity contribution in [1.29, 1.82) is 0 Å². The topological polar surface area (TPSA) is 92.4 Å². The Hall–Kier alpha value is -3.30. The number of carbonyl (C=O) groups excluding carboxylic acids is 2. The number of methoxy groups -OCH3 is 2. The molecule has 0 saturated heterocycles. The van der Waals surface area contributed by atoms with Crippen molar-refractivity contribution in [3.63, 3.8) is 0 Å². The highest BCUT2D eigenvalue weighted by Gasteiger charge is 2.31. The largest absolute Gasteiger partial charge is 0.497 e. The summed E-state index contributed by atoms with van der Waals surface area (Å²) in [5.41, 5.74) is 1.48. The Morgan fingerprint density at radius 2 is 1.79 bits per heavy atom. The van der Waals surface area contributed by atoms with Gasteiger partial charge in [0.15, 0.2) is 0 Å². The maximum atomic E-state index is 13.6. The van der Waals surface area contributed by atoms with Crippen LogP contribution in [0.5, 0.6) is 11.5 Å². The van der Waals surface area contributed by atoms with Crippen LogP contribution in [-0.4, -0.2) is 81.4 Å². The van der Waals surface area contributed by atoms with Crippen molar-refractivity contribution in [3.05, 3.63) is 48.0 Å². The number of fused-ring (bicyclic) bond motifs is 1. The van der Waals surface area contributed by atoms with E-state index >= 15 is 0 Å². The van der Waals surface area contributed by atoms with Crippen molar-refractivity contribution in [3.8, 4) is 11.5 Å². The first-order valence-corrected chi connectivity index (χ1v) is 13.3. The maximum Gasteiger partial charge on any atom is 0.323 e. The van der Waals surface area contributed by atoms with Gasteiger partial charge < -0.3 is 29.7 Å². The second-order valence-corrected chi connectivity index (χ2v) is 10.5. The molecule has 206 valence electrons. The average molecular weight is 525 g/mol. The summed E-state index contributed by atoms with van der Waals surface area (Å²) >= 11 is 0. The number of benzene rings is 2. The minimum Gasteiger partial charge on any atom is -0.497 e. The lowest BCUT2D eigenvalue weighted by Crippen LogP contribution is -2.47. The van der Waals surface area contributed by atoms with Gasteiger partial charge in [0.2, 0.25) is 0 Å². The minimum absolute atomic E-state index is 0.100. The number of nitrogens with zero attached hydrogens (tertiary/aromatic N) is 2. The van der Waals surface area contributed by atoms with Gasteiger partial charge in [0, 0.05) is 57.3 Å². The smallest absolute Gasteiger partial charge is 0.323 e. The van der Waals surface area contributed by atoms with Crippen molar-refractivity contribution in [2.45, 2.75) is 38.8 Å². The van der Waals surface area contributed by atoms with Crippen molar-refractivity contribution in [2.24, 2.45) is 11.8 Å². The van der Waals surface area contributed by atoms with Crippen LogP contribution >= 0.6 is 0 Å². The highest BCUT2D eigenvalue weighted by atomic mass is 16.5. The standard InChI is InChI=1S/C29H40N4O5/c1-19-15-33(16-21-9-10-21)20(2)18-38-26-12-11-23(14-25(26)28(34)32(3)17-27(19)37-5)31-29(35)30-22-7-6-8-24(13-22)36-4/h6-8,11-14,19-21,27H,9-10,15-18H2,1-5H3,(H2,30,31,35)/t19-,20-,27+/m1/s1. The summed E-state index contributed by atoms with van der Waals surface area (Å²) in [6.07, 6.45) is 2.47. The second-order valence-electron chi connectivity index (χ2n) is 10.5. The molecule has 2 aromatic carbocycles. The van der Waals surface area contributed by atoms with Crippen LogP contribution in [0.25, 0.3) is 0 Å². The third-order valence-electron chi connectivity index (χ3n) is 7.35.